The predicted molar refractivity (Wildman–Crippen MR) is 133 cm³/mol. The molecule has 1 fully saturated rings. The predicted octanol–water partition coefficient (Wildman–Crippen LogP) is 5.76. The number of nitrogens with zero attached hydrogens (tertiary/aromatic N) is 2. The van der Waals surface area contributed by atoms with E-state index in [0.29, 0.717) is 5.56 Å². The number of nitrogens with one attached hydrogen (secondary N) is 1. The van der Waals surface area contributed by atoms with Gasteiger partial charge in [0.25, 0.3) is 5.91 Å². The van der Waals surface area contributed by atoms with Gasteiger partial charge in [0.15, 0.2) is 0 Å². The molecule has 1 saturated heterocycles. The van der Waals surface area contributed by atoms with Gasteiger partial charge in [-0.3, -0.25) is 14.7 Å². The number of methoxy groups -OCH3 is 1. The summed E-state index contributed by atoms with van der Waals surface area (Å²) in [5.74, 6) is 0.692. The average molecular weight is 438 g/mol. The Balaban J connectivity index is 1.26. The first-order valence-corrected chi connectivity index (χ1v) is 11.4. The van der Waals surface area contributed by atoms with Crippen LogP contribution >= 0.6 is 0 Å². The molecule has 0 aliphatic carbocycles. The van der Waals surface area contributed by atoms with Gasteiger partial charge in [-0.05, 0) is 85.6 Å². The molecular weight excluding hydrogens is 410 g/mol. The van der Waals surface area contributed by atoms with Gasteiger partial charge in [0, 0.05) is 23.2 Å². The van der Waals surface area contributed by atoms with Crippen LogP contribution in [0.5, 0.6) is 5.75 Å². The zero-order chi connectivity index (χ0) is 22.6. The molecule has 1 amide bonds. The summed E-state index contributed by atoms with van der Waals surface area (Å²) in [5.41, 5.74) is 5.56. The molecule has 0 atom stereocenters. The first kappa shape index (κ1) is 21.2. The van der Waals surface area contributed by atoms with E-state index in [1.807, 2.05) is 66.7 Å². The Bertz CT molecular complexity index is 1260. The number of hydrogen-bond acceptors (Lipinski definition) is 4. The molecule has 0 spiro atoms. The molecule has 5 rings (SSSR count). The van der Waals surface area contributed by atoms with Gasteiger partial charge in [-0.2, -0.15) is 0 Å². The van der Waals surface area contributed by atoms with E-state index in [4.69, 9.17) is 9.72 Å². The maximum absolute atomic E-state index is 12.8. The van der Waals surface area contributed by atoms with Crippen LogP contribution in [0.4, 0.5) is 5.69 Å². The molecule has 0 bridgehead atoms. The fourth-order valence-corrected chi connectivity index (χ4v) is 4.30. The number of carbonyl (C=O) groups excluding carboxylic acids is 1. The van der Waals surface area contributed by atoms with Crippen molar-refractivity contribution in [2.75, 3.05) is 25.5 Å². The molecule has 1 aliphatic heterocycles. The van der Waals surface area contributed by atoms with E-state index in [-0.39, 0.29) is 5.91 Å². The highest BCUT2D eigenvalue weighted by molar-refractivity contribution is 6.05. The van der Waals surface area contributed by atoms with Crippen molar-refractivity contribution in [1.82, 2.24) is 9.88 Å². The third kappa shape index (κ3) is 4.89. The Morgan fingerprint density at radius 3 is 2.30 bits per heavy atom. The molecule has 1 N–H and O–H groups in total. The van der Waals surface area contributed by atoms with Gasteiger partial charge >= 0.3 is 0 Å². The summed E-state index contributed by atoms with van der Waals surface area (Å²) < 4.78 is 5.21. The van der Waals surface area contributed by atoms with E-state index < -0.39 is 0 Å². The van der Waals surface area contributed by atoms with Gasteiger partial charge in [0.05, 0.1) is 18.3 Å². The Morgan fingerprint density at radius 1 is 0.909 bits per heavy atom. The Hall–Kier alpha value is -3.70. The maximum atomic E-state index is 12.8. The number of anilines is 1. The third-order valence-corrected chi connectivity index (χ3v) is 6.16. The largest absolute Gasteiger partial charge is 0.497 e. The van der Waals surface area contributed by atoms with Crippen LogP contribution in [-0.4, -0.2) is 36.0 Å². The highest BCUT2D eigenvalue weighted by Crippen LogP contribution is 2.24. The number of amides is 1. The Kier molecular flexibility index (Phi) is 6.05. The minimum atomic E-state index is -0.130. The van der Waals surface area contributed by atoms with Crippen molar-refractivity contribution >= 4 is 22.5 Å². The van der Waals surface area contributed by atoms with Crippen molar-refractivity contribution in [3.8, 4) is 16.9 Å². The molecule has 0 saturated carbocycles. The minimum Gasteiger partial charge on any atom is -0.497 e. The highest BCUT2D eigenvalue weighted by Gasteiger charge is 2.13. The van der Waals surface area contributed by atoms with Gasteiger partial charge in [0.1, 0.15) is 5.75 Å². The molecule has 1 aromatic heterocycles. The van der Waals surface area contributed by atoms with Crippen molar-refractivity contribution in [2.24, 2.45) is 0 Å². The zero-order valence-electron chi connectivity index (χ0n) is 18.8. The normalized spacial score (nSPS) is 13.8. The summed E-state index contributed by atoms with van der Waals surface area (Å²) in [6.07, 6.45) is 2.56. The SMILES string of the molecule is COc1ccc(-c2ccc(C(=O)Nc3ccc4nc(CN5CCCC5)ccc4c3)cc2)cc1. The van der Waals surface area contributed by atoms with Crippen LogP contribution in [0.15, 0.2) is 78.9 Å². The summed E-state index contributed by atoms with van der Waals surface area (Å²) >= 11 is 0. The second kappa shape index (κ2) is 9.43. The lowest BCUT2D eigenvalue weighted by atomic mass is 10.0. The number of ether oxygens (including phenoxy) is 1. The number of fused-ring (bicyclic) bond motifs is 1. The summed E-state index contributed by atoms with van der Waals surface area (Å²) in [4.78, 5) is 20.0. The molecule has 0 radical (unpaired) electrons. The summed E-state index contributed by atoms with van der Waals surface area (Å²) in [5, 5.41) is 4.03. The van der Waals surface area contributed by atoms with Crippen LogP contribution in [-0.2, 0) is 6.54 Å². The van der Waals surface area contributed by atoms with Crippen LogP contribution in [0, 0.1) is 0 Å². The van der Waals surface area contributed by atoms with Crippen LogP contribution in [0.3, 0.4) is 0 Å². The van der Waals surface area contributed by atoms with E-state index in [9.17, 15) is 4.79 Å². The molecule has 5 heteroatoms. The van der Waals surface area contributed by atoms with E-state index in [2.05, 4.69) is 22.3 Å². The van der Waals surface area contributed by atoms with Crippen LogP contribution in [0.1, 0.15) is 28.9 Å². The van der Waals surface area contributed by atoms with Gasteiger partial charge in [-0.1, -0.05) is 30.3 Å². The molecule has 2 heterocycles. The standard InChI is InChI=1S/C28H27N3O2/c1-33-26-13-9-21(10-14-26)20-4-6-22(7-5-20)28(32)30-24-12-15-27-23(18-24)8-11-25(29-27)19-31-16-2-3-17-31/h4-15,18H,2-3,16-17,19H2,1H3,(H,30,32). The van der Waals surface area contributed by atoms with Gasteiger partial charge in [-0.15, -0.1) is 0 Å². The van der Waals surface area contributed by atoms with Gasteiger partial charge < -0.3 is 10.1 Å². The maximum Gasteiger partial charge on any atom is 0.255 e. The van der Waals surface area contributed by atoms with Gasteiger partial charge in [-0.25, -0.2) is 0 Å². The molecule has 4 aromatic rings. The average Bonchev–Trinajstić information content (AvgIpc) is 3.37. The van der Waals surface area contributed by atoms with Gasteiger partial charge in [0.2, 0.25) is 0 Å². The first-order valence-electron chi connectivity index (χ1n) is 11.4. The van der Waals surface area contributed by atoms with Crippen LogP contribution in [0.2, 0.25) is 0 Å². The van der Waals surface area contributed by atoms with Crippen LogP contribution in [0.25, 0.3) is 22.0 Å². The highest BCUT2D eigenvalue weighted by atomic mass is 16.5. The number of carbonyl (C=O) groups is 1. The topological polar surface area (TPSA) is 54.5 Å². The zero-order valence-corrected chi connectivity index (χ0v) is 18.8. The summed E-state index contributed by atoms with van der Waals surface area (Å²) in [7, 11) is 1.65. The second-order valence-electron chi connectivity index (χ2n) is 8.45. The smallest absolute Gasteiger partial charge is 0.255 e. The number of likely N-dealkylation sites (tertiary alicyclic amines) is 1. The number of rotatable bonds is 6. The number of pyridine rings is 1. The van der Waals surface area contributed by atoms with E-state index >= 15 is 0 Å². The lowest BCUT2D eigenvalue weighted by Gasteiger charge is -2.14. The second-order valence-corrected chi connectivity index (χ2v) is 8.45. The van der Waals surface area contributed by atoms with Crippen molar-refractivity contribution < 1.29 is 9.53 Å². The molecule has 5 nitrogen and oxygen atoms in total. The fraction of sp³-hybridized carbons (Fsp3) is 0.214. The van der Waals surface area contributed by atoms with Crippen molar-refractivity contribution in [3.05, 3.63) is 90.1 Å². The first-order chi connectivity index (χ1) is 16.2. The number of hydrogen-bond donors (Lipinski definition) is 1. The number of benzene rings is 3. The molecular formula is C28H27N3O2. The van der Waals surface area contributed by atoms with E-state index in [1.54, 1.807) is 7.11 Å². The van der Waals surface area contributed by atoms with Crippen molar-refractivity contribution in [2.45, 2.75) is 19.4 Å². The minimum absolute atomic E-state index is 0.130. The van der Waals surface area contributed by atoms with Crippen molar-refractivity contribution in [3.63, 3.8) is 0 Å². The number of aromatic nitrogens is 1. The molecule has 1 aliphatic rings. The Morgan fingerprint density at radius 2 is 1.61 bits per heavy atom. The van der Waals surface area contributed by atoms with E-state index in [0.717, 1.165) is 58.8 Å². The molecule has 166 valence electrons. The van der Waals surface area contributed by atoms with Crippen LogP contribution < -0.4 is 10.1 Å². The lowest BCUT2D eigenvalue weighted by Crippen LogP contribution is -2.19. The molecule has 0 unspecified atom stereocenters. The summed E-state index contributed by atoms with van der Waals surface area (Å²) in [6.45, 7) is 3.22. The lowest BCUT2D eigenvalue weighted by molar-refractivity contribution is 0.102. The summed E-state index contributed by atoms with van der Waals surface area (Å²) in [6, 6.07) is 25.5. The quantitative estimate of drug-likeness (QED) is 0.417. The third-order valence-electron chi connectivity index (χ3n) is 6.16. The molecule has 33 heavy (non-hydrogen) atoms. The fourth-order valence-electron chi connectivity index (χ4n) is 4.30. The van der Waals surface area contributed by atoms with E-state index in [1.165, 1.54) is 12.8 Å². The Labute approximate surface area is 194 Å². The monoisotopic (exact) mass is 437 g/mol. The van der Waals surface area contributed by atoms with Crippen molar-refractivity contribution in [1.29, 1.82) is 0 Å². The molecule has 3 aromatic carbocycles.